The first kappa shape index (κ1) is 18.5. The second-order valence-corrected chi connectivity index (χ2v) is 6.97. The number of aromatic amines is 1. The fourth-order valence-corrected chi connectivity index (χ4v) is 3.99. The quantitative estimate of drug-likeness (QED) is 0.732. The first-order valence-electron chi connectivity index (χ1n) is 7.73. The molecule has 2 N–H and O–H groups in total. The number of esters is 1. The Kier molecular flexibility index (Phi) is 5.32. The van der Waals surface area contributed by atoms with Crippen LogP contribution in [0.3, 0.4) is 0 Å². The summed E-state index contributed by atoms with van der Waals surface area (Å²) in [4.78, 5) is 15.8. The minimum atomic E-state index is -0.619. The highest BCUT2D eigenvalue weighted by atomic mass is 35.5. The largest absolute Gasteiger partial charge is 0.462 e. The SMILES string of the molecule is CCOC(=O)c1c(-c2c(Cl)cc(Cl)cc2Cl)c[nH]c1C1(OC)CNC1. The van der Waals surface area contributed by atoms with Crippen LogP contribution in [0, 0.1) is 0 Å². The van der Waals surface area contributed by atoms with Gasteiger partial charge in [0.15, 0.2) is 0 Å². The fraction of sp³-hybridized carbons (Fsp3) is 0.353. The molecular formula is C17H17Cl3N2O3. The van der Waals surface area contributed by atoms with Crippen LogP contribution in [0.5, 0.6) is 0 Å². The van der Waals surface area contributed by atoms with Gasteiger partial charge in [0.2, 0.25) is 0 Å². The summed E-state index contributed by atoms with van der Waals surface area (Å²) in [5, 5.41) is 4.29. The molecule has 1 fully saturated rings. The Morgan fingerprint density at radius 2 is 1.88 bits per heavy atom. The number of halogens is 3. The van der Waals surface area contributed by atoms with Gasteiger partial charge in [0.25, 0.3) is 0 Å². The van der Waals surface area contributed by atoms with Crippen molar-refractivity contribution in [1.29, 1.82) is 0 Å². The fourth-order valence-electron chi connectivity index (χ4n) is 2.97. The van der Waals surface area contributed by atoms with Crippen LogP contribution in [0.15, 0.2) is 18.3 Å². The van der Waals surface area contributed by atoms with E-state index in [1.54, 1.807) is 32.4 Å². The molecule has 8 heteroatoms. The molecule has 0 amide bonds. The Balaban J connectivity index is 2.22. The van der Waals surface area contributed by atoms with E-state index in [1.165, 1.54) is 0 Å². The minimum absolute atomic E-state index is 0.253. The molecule has 3 rings (SSSR count). The van der Waals surface area contributed by atoms with Gasteiger partial charge in [-0.1, -0.05) is 34.8 Å². The molecule has 134 valence electrons. The topological polar surface area (TPSA) is 63.4 Å². The summed E-state index contributed by atoms with van der Waals surface area (Å²) in [7, 11) is 1.61. The number of hydrogen-bond acceptors (Lipinski definition) is 4. The van der Waals surface area contributed by atoms with Gasteiger partial charge in [0.05, 0.1) is 27.9 Å². The van der Waals surface area contributed by atoms with Gasteiger partial charge in [-0.3, -0.25) is 0 Å². The molecule has 0 radical (unpaired) electrons. The maximum absolute atomic E-state index is 12.7. The molecule has 2 aromatic rings. The number of carbonyl (C=O) groups is 1. The van der Waals surface area contributed by atoms with E-state index in [1.807, 2.05) is 0 Å². The molecule has 5 nitrogen and oxygen atoms in total. The summed E-state index contributed by atoms with van der Waals surface area (Å²) in [6, 6.07) is 3.17. The van der Waals surface area contributed by atoms with Gasteiger partial charge < -0.3 is 19.8 Å². The van der Waals surface area contributed by atoms with Crippen molar-refractivity contribution in [3.05, 3.63) is 44.7 Å². The highest BCUT2D eigenvalue weighted by Gasteiger charge is 2.44. The van der Waals surface area contributed by atoms with E-state index >= 15 is 0 Å². The number of ether oxygens (including phenoxy) is 2. The third-order valence-corrected chi connectivity index (χ3v) is 5.12. The van der Waals surface area contributed by atoms with E-state index in [-0.39, 0.29) is 6.61 Å². The van der Waals surface area contributed by atoms with Gasteiger partial charge >= 0.3 is 5.97 Å². The van der Waals surface area contributed by atoms with Gasteiger partial charge in [0.1, 0.15) is 5.60 Å². The monoisotopic (exact) mass is 402 g/mol. The van der Waals surface area contributed by atoms with Crippen LogP contribution in [0.2, 0.25) is 15.1 Å². The van der Waals surface area contributed by atoms with E-state index in [0.29, 0.717) is 50.5 Å². The smallest absolute Gasteiger partial charge is 0.340 e. The van der Waals surface area contributed by atoms with Crippen molar-refractivity contribution in [3.63, 3.8) is 0 Å². The third kappa shape index (κ3) is 3.15. The van der Waals surface area contributed by atoms with Crippen molar-refractivity contribution < 1.29 is 14.3 Å². The van der Waals surface area contributed by atoms with Crippen molar-refractivity contribution in [2.24, 2.45) is 0 Å². The molecule has 1 aliphatic rings. The van der Waals surface area contributed by atoms with Gasteiger partial charge in [-0.2, -0.15) is 0 Å². The Labute approximate surface area is 160 Å². The Bertz CT molecular complexity index is 787. The molecule has 25 heavy (non-hydrogen) atoms. The number of H-pyrrole nitrogens is 1. The zero-order valence-corrected chi connectivity index (χ0v) is 16.0. The van der Waals surface area contributed by atoms with Crippen LogP contribution in [0.4, 0.5) is 0 Å². The van der Waals surface area contributed by atoms with Crippen LogP contribution in [0.25, 0.3) is 11.1 Å². The number of nitrogens with one attached hydrogen (secondary N) is 2. The van der Waals surface area contributed by atoms with E-state index in [4.69, 9.17) is 44.3 Å². The summed E-state index contributed by atoms with van der Waals surface area (Å²) in [6.07, 6.45) is 1.70. The molecule has 0 atom stereocenters. The van der Waals surface area contributed by atoms with E-state index < -0.39 is 11.6 Å². The number of benzene rings is 1. The predicted molar refractivity (Wildman–Crippen MR) is 98.8 cm³/mol. The summed E-state index contributed by atoms with van der Waals surface area (Å²) in [5.74, 6) is -0.459. The van der Waals surface area contributed by atoms with E-state index in [9.17, 15) is 4.79 Å². The Hall–Kier alpha value is -1.24. The van der Waals surface area contributed by atoms with Crippen LogP contribution in [-0.4, -0.2) is 37.8 Å². The Morgan fingerprint density at radius 3 is 2.36 bits per heavy atom. The van der Waals surface area contributed by atoms with Gasteiger partial charge in [-0.05, 0) is 19.1 Å². The van der Waals surface area contributed by atoms with Gasteiger partial charge in [0, 0.05) is 42.5 Å². The summed E-state index contributed by atoms with van der Waals surface area (Å²) in [6.45, 7) is 3.17. The van der Waals surface area contributed by atoms with Crippen molar-refractivity contribution in [2.45, 2.75) is 12.5 Å². The van der Waals surface area contributed by atoms with Crippen LogP contribution in [-0.2, 0) is 15.1 Å². The number of aromatic nitrogens is 1. The zero-order chi connectivity index (χ0) is 18.2. The van der Waals surface area contributed by atoms with Gasteiger partial charge in [-0.15, -0.1) is 0 Å². The average Bonchev–Trinajstić information content (AvgIpc) is 2.91. The summed E-state index contributed by atoms with van der Waals surface area (Å²) < 4.78 is 10.9. The highest BCUT2D eigenvalue weighted by molar-refractivity contribution is 6.42. The lowest BCUT2D eigenvalue weighted by molar-refractivity contribution is -0.0602. The minimum Gasteiger partial charge on any atom is -0.462 e. The molecule has 0 unspecified atom stereocenters. The Morgan fingerprint density at radius 1 is 1.24 bits per heavy atom. The lowest BCUT2D eigenvalue weighted by Crippen LogP contribution is -2.58. The maximum Gasteiger partial charge on any atom is 0.340 e. The van der Waals surface area contributed by atoms with Crippen LogP contribution >= 0.6 is 34.8 Å². The van der Waals surface area contributed by atoms with Crippen LogP contribution < -0.4 is 5.32 Å². The first-order chi connectivity index (χ1) is 11.9. The van der Waals surface area contributed by atoms with Crippen molar-refractivity contribution in [1.82, 2.24) is 10.3 Å². The zero-order valence-electron chi connectivity index (χ0n) is 13.7. The highest BCUT2D eigenvalue weighted by Crippen LogP contribution is 2.42. The molecule has 0 spiro atoms. The molecule has 1 aliphatic heterocycles. The van der Waals surface area contributed by atoms with Crippen LogP contribution in [0.1, 0.15) is 23.0 Å². The first-order valence-corrected chi connectivity index (χ1v) is 8.86. The van der Waals surface area contributed by atoms with Gasteiger partial charge in [-0.25, -0.2) is 4.79 Å². The normalized spacial score (nSPS) is 15.7. The number of hydrogen-bond donors (Lipinski definition) is 2. The molecule has 1 saturated heterocycles. The van der Waals surface area contributed by atoms with E-state index in [2.05, 4.69) is 10.3 Å². The molecule has 0 bridgehead atoms. The number of rotatable bonds is 5. The number of carbonyl (C=O) groups excluding carboxylic acids is 1. The number of methoxy groups -OCH3 is 1. The van der Waals surface area contributed by atoms with E-state index in [0.717, 1.165) is 0 Å². The average molecular weight is 404 g/mol. The molecule has 2 heterocycles. The van der Waals surface area contributed by atoms with Crippen molar-refractivity contribution in [3.8, 4) is 11.1 Å². The molecular weight excluding hydrogens is 387 g/mol. The lowest BCUT2D eigenvalue weighted by Gasteiger charge is -2.41. The standard InChI is InChI=1S/C17H17Cl3N2O3/c1-3-25-16(23)14-10(13-11(19)4-9(18)5-12(13)20)6-22-15(14)17(24-2)7-21-8-17/h4-6,21-22H,3,7-8H2,1-2H3. The lowest BCUT2D eigenvalue weighted by atomic mass is 9.88. The molecule has 0 aliphatic carbocycles. The molecule has 1 aromatic carbocycles. The predicted octanol–water partition coefficient (Wildman–Crippen LogP) is 4.26. The molecule has 1 aromatic heterocycles. The maximum atomic E-state index is 12.7. The van der Waals surface area contributed by atoms with Crippen molar-refractivity contribution >= 4 is 40.8 Å². The third-order valence-electron chi connectivity index (χ3n) is 4.30. The molecule has 0 saturated carbocycles. The summed E-state index contributed by atoms with van der Waals surface area (Å²) >= 11 is 18.7. The van der Waals surface area contributed by atoms with Crippen molar-refractivity contribution in [2.75, 3.05) is 26.8 Å². The second-order valence-electron chi connectivity index (χ2n) is 5.72. The second kappa shape index (κ2) is 7.17. The summed E-state index contributed by atoms with van der Waals surface area (Å²) in [5.41, 5.74) is 1.48.